The lowest BCUT2D eigenvalue weighted by Gasteiger charge is -2.09. The molecule has 0 spiro atoms. The molecule has 2 aromatic carbocycles. The van der Waals surface area contributed by atoms with Gasteiger partial charge in [0.2, 0.25) is 5.91 Å². The number of rotatable bonds is 7. The Labute approximate surface area is 164 Å². The van der Waals surface area contributed by atoms with Crippen molar-refractivity contribution in [1.82, 2.24) is 15.1 Å². The minimum atomic E-state index is -0.453. The molecular formula is C22H24N4O2. The van der Waals surface area contributed by atoms with Gasteiger partial charge in [0.1, 0.15) is 0 Å². The van der Waals surface area contributed by atoms with E-state index in [0.717, 1.165) is 22.5 Å². The minimum absolute atomic E-state index is 0.124. The fourth-order valence-electron chi connectivity index (χ4n) is 3.12. The van der Waals surface area contributed by atoms with Gasteiger partial charge in [-0.1, -0.05) is 24.3 Å². The van der Waals surface area contributed by atoms with Crippen LogP contribution in [0.2, 0.25) is 0 Å². The van der Waals surface area contributed by atoms with Crippen molar-refractivity contribution in [3.63, 3.8) is 0 Å². The van der Waals surface area contributed by atoms with Gasteiger partial charge >= 0.3 is 0 Å². The van der Waals surface area contributed by atoms with Gasteiger partial charge in [0.15, 0.2) is 0 Å². The maximum absolute atomic E-state index is 12.5. The summed E-state index contributed by atoms with van der Waals surface area (Å²) in [6.45, 7) is 5.08. The summed E-state index contributed by atoms with van der Waals surface area (Å²) in [6, 6.07) is 16.7. The van der Waals surface area contributed by atoms with Gasteiger partial charge in [-0.15, -0.1) is 0 Å². The third-order valence-corrected chi connectivity index (χ3v) is 4.54. The Morgan fingerprint density at radius 2 is 1.68 bits per heavy atom. The highest BCUT2D eigenvalue weighted by Crippen LogP contribution is 2.10. The van der Waals surface area contributed by atoms with E-state index in [0.29, 0.717) is 30.6 Å². The molecule has 0 saturated heterocycles. The van der Waals surface area contributed by atoms with Crippen molar-refractivity contribution in [1.29, 1.82) is 0 Å². The third-order valence-electron chi connectivity index (χ3n) is 4.54. The highest BCUT2D eigenvalue weighted by molar-refractivity contribution is 5.94. The molecule has 1 heterocycles. The Hall–Kier alpha value is -3.41. The molecule has 28 heavy (non-hydrogen) atoms. The number of nitrogens with one attached hydrogen (secondary N) is 1. The molecule has 0 saturated carbocycles. The lowest BCUT2D eigenvalue weighted by molar-refractivity contribution is 0.0952. The molecular weight excluding hydrogens is 352 g/mol. The standard InChI is InChI=1S/C22H24N4O2/c1-15-11-16(2)26(25-15)14-18-6-4-8-20(13-18)22(28)24-10-9-17-5-3-7-19(12-17)21(23)27/h3-8,11-13H,9-10,14H2,1-2H3,(H2,23,27)(H,24,28). The van der Waals surface area contributed by atoms with Crippen LogP contribution in [0.4, 0.5) is 0 Å². The van der Waals surface area contributed by atoms with Gasteiger partial charge in [0.25, 0.3) is 5.91 Å². The van der Waals surface area contributed by atoms with Crippen molar-refractivity contribution in [2.45, 2.75) is 26.8 Å². The van der Waals surface area contributed by atoms with Crippen molar-refractivity contribution < 1.29 is 9.59 Å². The summed E-state index contributed by atoms with van der Waals surface area (Å²) < 4.78 is 1.93. The molecule has 6 heteroatoms. The van der Waals surface area contributed by atoms with Crippen LogP contribution in [0.25, 0.3) is 0 Å². The normalized spacial score (nSPS) is 10.6. The first kappa shape index (κ1) is 19.4. The molecule has 0 fully saturated rings. The quantitative estimate of drug-likeness (QED) is 0.664. The summed E-state index contributed by atoms with van der Waals surface area (Å²) in [7, 11) is 0. The van der Waals surface area contributed by atoms with E-state index in [-0.39, 0.29) is 5.91 Å². The summed E-state index contributed by atoms with van der Waals surface area (Å²) >= 11 is 0. The average molecular weight is 376 g/mol. The van der Waals surface area contributed by atoms with E-state index in [1.54, 1.807) is 24.3 Å². The van der Waals surface area contributed by atoms with E-state index in [1.165, 1.54) is 0 Å². The molecule has 6 nitrogen and oxygen atoms in total. The first-order chi connectivity index (χ1) is 13.4. The molecule has 0 unspecified atom stereocenters. The van der Waals surface area contributed by atoms with Crippen LogP contribution in [-0.4, -0.2) is 28.1 Å². The van der Waals surface area contributed by atoms with E-state index >= 15 is 0 Å². The number of carbonyl (C=O) groups is 2. The van der Waals surface area contributed by atoms with Crippen LogP contribution in [0, 0.1) is 13.8 Å². The van der Waals surface area contributed by atoms with Gasteiger partial charge in [0, 0.05) is 23.4 Å². The molecule has 0 radical (unpaired) electrons. The second-order valence-electron chi connectivity index (χ2n) is 6.86. The Kier molecular flexibility index (Phi) is 5.89. The van der Waals surface area contributed by atoms with Crippen LogP contribution in [-0.2, 0) is 13.0 Å². The van der Waals surface area contributed by atoms with Crippen LogP contribution >= 0.6 is 0 Å². The second-order valence-corrected chi connectivity index (χ2v) is 6.86. The fourth-order valence-corrected chi connectivity index (χ4v) is 3.12. The lowest BCUT2D eigenvalue weighted by Crippen LogP contribution is -2.26. The largest absolute Gasteiger partial charge is 0.366 e. The molecule has 3 N–H and O–H groups in total. The fraction of sp³-hybridized carbons (Fsp3) is 0.227. The summed E-state index contributed by atoms with van der Waals surface area (Å²) in [4.78, 5) is 23.7. The number of carbonyl (C=O) groups excluding carboxylic acids is 2. The molecule has 0 aliphatic heterocycles. The molecule has 0 aliphatic rings. The number of hydrogen-bond acceptors (Lipinski definition) is 3. The molecule has 3 rings (SSSR count). The highest BCUT2D eigenvalue weighted by atomic mass is 16.2. The predicted octanol–water partition coefficient (Wildman–Crippen LogP) is 2.62. The van der Waals surface area contributed by atoms with Gasteiger partial charge in [-0.05, 0) is 61.7 Å². The van der Waals surface area contributed by atoms with E-state index < -0.39 is 5.91 Å². The minimum Gasteiger partial charge on any atom is -0.366 e. The number of aryl methyl sites for hydroxylation is 2. The SMILES string of the molecule is Cc1cc(C)n(Cc2cccc(C(=O)NCCc3cccc(C(N)=O)c3)c2)n1. The van der Waals surface area contributed by atoms with Crippen LogP contribution < -0.4 is 11.1 Å². The molecule has 0 atom stereocenters. The van der Waals surface area contributed by atoms with Gasteiger partial charge in [-0.25, -0.2) is 0 Å². The molecule has 144 valence electrons. The first-order valence-corrected chi connectivity index (χ1v) is 9.19. The van der Waals surface area contributed by atoms with Crippen molar-refractivity contribution in [3.05, 3.63) is 88.2 Å². The summed E-state index contributed by atoms with van der Waals surface area (Å²) in [5, 5.41) is 7.39. The number of benzene rings is 2. The number of nitrogens with two attached hydrogens (primary N) is 1. The molecule has 0 bridgehead atoms. The molecule has 1 aromatic heterocycles. The zero-order valence-electron chi connectivity index (χ0n) is 16.1. The second kappa shape index (κ2) is 8.52. The van der Waals surface area contributed by atoms with Crippen LogP contribution in [0.15, 0.2) is 54.6 Å². The Bertz CT molecular complexity index is 1010. The number of nitrogens with zero attached hydrogens (tertiary/aromatic N) is 2. The molecule has 0 aliphatic carbocycles. The van der Waals surface area contributed by atoms with Crippen molar-refractivity contribution in [3.8, 4) is 0 Å². The van der Waals surface area contributed by atoms with Crippen LogP contribution in [0.1, 0.15) is 43.2 Å². The van der Waals surface area contributed by atoms with Gasteiger partial charge < -0.3 is 11.1 Å². The highest BCUT2D eigenvalue weighted by Gasteiger charge is 2.08. The maximum atomic E-state index is 12.5. The topological polar surface area (TPSA) is 90.0 Å². The third kappa shape index (κ3) is 4.85. The monoisotopic (exact) mass is 376 g/mol. The molecule has 3 aromatic rings. The van der Waals surface area contributed by atoms with E-state index in [2.05, 4.69) is 10.4 Å². The van der Waals surface area contributed by atoms with Gasteiger partial charge in [0.05, 0.1) is 12.2 Å². The number of primary amides is 1. The summed E-state index contributed by atoms with van der Waals surface area (Å²) in [6.07, 6.45) is 0.623. The zero-order valence-corrected chi connectivity index (χ0v) is 16.1. The Balaban J connectivity index is 1.59. The average Bonchev–Trinajstić information content (AvgIpc) is 2.99. The predicted molar refractivity (Wildman–Crippen MR) is 108 cm³/mol. The first-order valence-electron chi connectivity index (χ1n) is 9.19. The van der Waals surface area contributed by atoms with Crippen molar-refractivity contribution in [2.24, 2.45) is 5.73 Å². The summed E-state index contributed by atoms with van der Waals surface area (Å²) in [5.74, 6) is -0.577. The van der Waals surface area contributed by atoms with Crippen molar-refractivity contribution >= 4 is 11.8 Å². The molecule has 2 amide bonds. The number of amides is 2. The van der Waals surface area contributed by atoms with E-state index in [1.807, 2.05) is 48.9 Å². The van der Waals surface area contributed by atoms with Crippen LogP contribution in [0.3, 0.4) is 0 Å². The number of hydrogen-bond donors (Lipinski definition) is 2. The summed E-state index contributed by atoms with van der Waals surface area (Å²) in [5.41, 5.74) is 10.4. The van der Waals surface area contributed by atoms with E-state index in [9.17, 15) is 9.59 Å². The lowest BCUT2D eigenvalue weighted by atomic mass is 10.1. The Morgan fingerprint density at radius 1 is 1.00 bits per heavy atom. The maximum Gasteiger partial charge on any atom is 0.251 e. The van der Waals surface area contributed by atoms with Crippen molar-refractivity contribution in [2.75, 3.05) is 6.54 Å². The Morgan fingerprint density at radius 3 is 2.36 bits per heavy atom. The van der Waals surface area contributed by atoms with Crippen LogP contribution in [0.5, 0.6) is 0 Å². The van der Waals surface area contributed by atoms with E-state index in [4.69, 9.17) is 5.73 Å². The zero-order chi connectivity index (χ0) is 20.1. The smallest absolute Gasteiger partial charge is 0.251 e. The number of aromatic nitrogens is 2. The van der Waals surface area contributed by atoms with Gasteiger partial charge in [-0.3, -0.25) is 14.3 Å². The van der Waals surface area contributed by atoms with Gasteiger partial charge in [-0.2, -0.15) is 5.10 Å².